The van der Waals surface area contributed by atoms with Crippen LogP contribution in [0, 0.1) is 0 Å². The van der Waals surface area contributed by atoms with Crippen molar-refractivity contribution in [2.75, 3.05) is 33.9 Å². The van der Waals surface area contributed by atoms with E-state index in [0.29, 0.717) is 0 Å². The Kier molecular flexibility index (Phi) is 33.9. The van der Waals surface area contributed by atoms with Crippen LogP contribution in [0.1, 0.15) is 188 Å². The van der Waals surface area contributed by atoms with Gasteiger partial charge >= 0.3 is 0 Å². The third kappa shape index (κ3) is 28.4. The van der Waals surface area contributed by atoms with Gasteiger partial charge in [0.05, 0.1) is 12.2 Å². The Hall–Kier alpha value is -1.20. The molecule has 1 saturated heterocycles. The van der Waals surface area contributed by atoms with Gasteiger partial charge in [-0.1, -0.05) is 152 Å². The number of nitrogens with zero attached hydrogens (tertiary/aromatic N) is 1. The van der Waals surface area contributed by atoms with E-state index < -0.39 is 0 Å². The fourth-order valence-electron chi connectivity index (χ4n) is 6.82. The summed E-state index contributed by atoms with van der Waals surface area (Å²) in [5.41, 5.74) is 0. The summed E-state index contributed by atoms with van der Waals surface area (Å²) >= 11 is 0. The van der Waals surface area contributed by atoms with Crippen LogP contribution in [-0.2, 0) is 14.2 Å². The van der Waals surface area contributed by atoms with Gasteiger partial charge in [0, 0.05) is 19.8 Å². The first-order chi connectivity index (χ1) is 24.6. The van der Waals surface area contributed by atoms with Crippen molar-refractivity contribution in [3.63, 3.8) is 0 Å². The summed E-state index contributed by atoms with van der Waals surface area (Å²) in [6.07, 6.45) is 52.3. The Bertz CT molecular complexity index is 818. The second-order valence-corrected chi connectivity index (χ2v) is 15.2. The zero-order valence-corrected chi connectivity index (χ0v) is 34.1. The number of ether oxygens (including phenoxy) is 3. The van der Waals surface area contributed by atoms with Gasteiger partial charge in [0.15, 0.2) is 0 Å². The van der Waals surface area contributed by atoms with Gasteiger partial charge in [0.25, 0.3) is 0 Å². The topological polar surface area (TPSA) is 30.9 Å². The molecule has 1 aliphatic rings. The Balaban J connectivity index is 2.09. The highest BCUT2D eigenvalue weighted by Gasteiger charge is 2.44. The SMILES string of the molecule is CCCCC/C=C\C/C=C\CCCCCCCCCO[C@@H]1[C@H](OCCCCCCCCC/C=C\C/C=C\CCCCC)[C@@H](CN(C)C)O[C@H]1C. The van der Waals surface area contributed by atoms with E-state index in [1.54, 1.807) is 0 Å². The van der Waals surface area contributed by atoms with Crippen molar-refractivity contribution in [2.45, 2.75) is 212 Å². The van der Waals surface area contributed by atoms with Crippen LogP contribution in [0.2, 0.25) is 0 Å². The summed E-state index contributed by atoms with van der Waals surface area (Å²) in [5, 5.41) is 0. The summed E-state index contributed by atoms with van der Waals surface area (Å²) in [6, 6.07) is 0. The van der Waals surface area contributed by atoms with Crippen molar-refractivity contribution in [1.82, 2.24) is 4.90 Å². The predicted molar refractivity (Wildman–Crippen MR) is 220 cm³/mol. The average molecular weight is 700 g/mol. The maximum Gasteiger partial charge on any atom is 0.114 e. The van der Waals surface area contributed by atoms with E-state index in [0.717, 1.165) is 45.4 Å². The Morgan fingerprint density at radius 1 is 0.460 bits per heavy atom. The van der Waals surface area contributed by atoms with Crippen molar-refractivity contribution in [3.05, 3.63) is 48.6 Å². The van der Waals surface area contributed by atoms with Gasteiger partial charge in [-0.05, 0) is 98.1 Å². The molecule has 0 saturated carbocycles. The number of allylic oxidation sites excluding steroid dienone is 8. The third-order valence-electron chi connectivity index (χ3n) is 9.90. The zero-order valence-electron chi connectivity index (χ0n) is 34.1. The van der Waals surface area contributed by atoms with Crippen LogP contribution in [0.25, 0.3) is 0 Å². The first-order valence-corrected chi connectivity index (χ1v) is 21.7. The molecule has 1 rings (SSSR count). The number of hydrogen-bond donors (Lipinski definition) is 0. The van der Waals surface area contributed by atoms with Gasteiger partial charge in [0.1, 0.15) is 12.2 Å². The largest absolute Gasteiger partial charge is 0.373 e. The molecular formula is C46H85NO3. The van der Waals surface area contributed by atoms with Gasteiger partial charge in [-0.15, -0.1) is 0 Å². The lowest BCUT2D eigenvalue weighted by Crippen LogP contribution is -2.41. The van der Waals surface area contributed by atoms with Crippen molar-refractivity contribution < 1.29 is 14.2 Å². The van der Waals surface area contributed by atoms with Crippen LogP contribution in [0.4, 0.5) is 0 Å². The van der Waals surface area contributed by atoms with E-state index in [-0.39, 0.29) is 24.4 Å². The van der Waals surface area contributed by atoms with E-state index in [4.69, 9.17) is 14.2 Å². The summed E-state index contributed by atoms with van der Waals surface area (Å²) in [4.78, 5) is 2.21. The van der Waals surface area contributed by atoms with Crippen molar-refractivity contribution in [1.29, 1.82) is 0 Å². The van der Waals surface area contributed by atoms with E-state index >= 15 is 0 Å². The second-order valence-electron chi connectivity index (χ2n) is 15.2. The van der Waals surface area contributed by atoms with Crippen LogP contribution in [-0.4, -0.2) is 63.2 Å². The molecular weight excluding hydrogens is 615 g/mol. The minimum absolute atomic E-state index is 0.0351. The molecule has 50 heavy (non-hydrogen) atoms. The average Bonchev–Trinajstić information content (AvgIpc) is 3.39. The molecule has 4 atom stereocenters. The van der Waals surface area contributed by atoms with E-state index in [2.05, 4.69) is 88.4 Å². The van der Waals surface area contributed by atoms with Crippen LogP contribution in [0.15, 0.2) is 48.6 Å². The number of hydrogen-bond acceptors (Lipinski definition) is 4. The van der Waals surface area contributed by atoms with E-state index in [9.17, 15) is 0 Å². The monoisotopic (exact) mass is 700 g/mol. The lowest BCUT2D eigenvalue weighted by molar-refractivity contribution is -0.0687. The number of likely N-dealkylation sites (N-methyl/N-ethyl adjacent to an activating group) is 1. The lowest BCUT2D eigenvalue weighted by atomic mass is 10.1. The third-order valence-corrected chi connectivity index (χ3v) is 9.90. The Labute approximate surface area is 312 Å². The maximum absolute atomic E-state index is 6.51. The number of rotatable bonds is 36. The number of unbranched alkanes of at least 4 members (excludes halogenated alkanes) is 20. The fraction of sp³-hybridized carbons (Fsp3) is 0.826. The Morgan fingerprint density at radius 2 is 0.820 bits per heavy atom. The molecule has 4 nitrogen and oxygen atoms in total. The normalized spacial score (nSPS) is 20.0. The molecule has 0 aromatic rings. The minimum Gasteiger partial charge on any atom is -0.373 e. The summed E-state index contributed by atoms with van der Waals surface area (Å²) in [5.74, 6) is 0. The molecule has 1 aliphatic heterocycles. The molecule has 4 heteroatoms. The van der Waals surface area contributed by atoms with Crippen LogP contribution in [0.5, 0.6) is 0 Å². The maximum atomic E-state index is 6.51. The standard InChI is InChI=1S/C46H85NO3/c1-6-8-10-12-14-16-18-20-22-24-26-28-30-32-34-36-38-40-48-45-43(3)50-44(42-47(4)5)46(45)49-41-39-37-35-33-31-29-27-25-23-21-19-17-15-13-11-9-7-2/h14-17,20-23,43-46H,6-13,18-19,24-42H2,1-5H3/b16-14-,17-15-,22-20-,23-21-/t43-,44+,45-,46+/m0/s1. The molecule has 0 bridgehead atoms. The van der Waals surface area contributed by atoms with Gasteiger partial charge < -0.3 is 19.1 Å². The highest BCUT2D eigenvalue weighted by atomic mass is 16.6. The molecule has 0 N–H and O–H groups in total. The Morgan fingerprint density at radius 3 is 1.22 bits per heavy atom. The van der Waals surface area contributed by atoms with Crippen LogP contribution >= 0.6 is 0 Å². The first-order valence-electron chi connectivity index (χ1n) is 21.7. The fourth-order valence-corrected chi connectivity index (χ4v) is 6.82. The summed E-state index contributed by atoms with van der Waals surface area (Å²) < 4.78 is 19.3. The quantitative estimate of drug-likeness (QED) is 0.0481. The van der Waals surface area contributed by atoms with Gasteiger partial charge in [-0.25, -0.2) is 0 Å². The van der Waals surface area contributed by atoms with E-state index in [1.165, 1.54) is 141 Å². The highest BCUT2D eigenvalue weighted by Crippen LogP contribution is 2.28. The molecule has 292 valence electrons. The summed E-state index contributed by atoms with van der Waals surface area (Å²) in [7, 11) is 4.24. The van der Waals surface area contributed by atoms with Crippen molar-refractivity contribution in [2.24, 2.45) is 0 Å². The van der Waals surface area contributed by atoms with E-state index in [1.807, 2.05) is 0 Å². The van der Waals surface area contributed by atoms with Gasteiger partial charge in [-0.2, -0.15) is 0 Å². The molecule has 0 radical (unpaired) electrons. The molecule has 0 aliphatic carbocycles. The molecule has 0 aromatic carbocycles. The lowest BCUT2D eigenvalue weighted by Gasteiger charge is -2.26. The molecule has 0 spiro atoms. The van der Waals surface area contributed by atoms with Gasteiger partial charge in [-0.3, -0.25) is 0 Å². The molecule has 1 heterocycles. The minimum atomic E-state index is 0.0351. The van der Waals surface area contributed by atoms with Crippen molar-refractivity contribution >= 4 is 0 Å². The van der Waals surface area contributed by atoms with Crippen LogP contribution in [0.3, 0.4) is 0 Å². The van der Waals surface area contributed by atoms with Crippen LogP contribution < -0.4 is 0 Å². The molecule has 1 fully saturated rings. The van der Waals surface area contributed by atoms with Gasteiger partial charge in [0.2, 0.25) is 0 Å². The first kappa shape index (κ1) is 46.8. The molecule has 0 unspecified atom stereocenters. The summed E-state index contributed by atoms with van der Waals surface area (Å²) in [6.45, 7) is 9.21. The van der Waals surface area contributed by atoms with Crippen molar-refractivity contribution in [3.8, 4) is 0 Å². The molecule has 0 aromatic heterocycles. The highest BCUT2D eigenvalue weighted by molar-refractivity contribution is 4.94. The second kappa shape index (κ2) is 36.2. The molecule has 0 amide bonds. The zero-order chi connectivity index (χ0) is 36.2. The predicted octanol–water partition coefficient (Wildman–Crippen LogP) is 13.5. The smallest absolute Gasteiger partial charge is 0.114 e.